The molecule has 0 amide bonds. The molecule has 1 aromatic rings. The van der Waals surface area contributed by atoms with Crippen molar-refractivity contribution in [1.82, 2.24) is 5.32 Å². The van der Waals surface area contributed by atoms with Crippen LogP contribution in [0, 0.1) is 11.8 Å². The van der Waals surface area contributed by atoms with E-state index in [0.717, 1.165) is 36.6 Å². The Morgan fingerprint density at radius 2 is 2.19 bits per heavy atom. The molecule has 1 aromatic carbocycles. The number of hydrogen-bond acceptors (Lipinski definition) is 3. The number of hydrogen-bond donors (Lipinski definition) is 2. The third-order valence-corrected chi connectivity index (χ3v) is 5.46. The van der Waals surface area contributed by atoms with Crippen LogP contribution in [0.1, 0.15) is 49.8 Å². The van der Waals surface area contributed by atoms with E-state index in [2.05, 4.69) is 18.3 Å². The minimum Gasteiger partial charge on any atom is -0.497 e. The van der Waals surface area contributed by atoms with Crippen molar-refractivity contribution in [1.29, 1.82) is 0 Å². The minimum absolute atomic E-state index is 0.332. The maximum atomic E-state index is 10.9. The van der Waals surface area contributed by atoms with Gasteiger partial charge in [0.1, 0.15) is 5.75 Å². The van der Waals surface area contributed by atoms with Gasteiger partial charge in [-0.1, -0.05) is 19.4 Å². The number of fused-ring (bicyclic) bond motifs is 1. The van der Waals surface area contributed by atoms with Gasteiger partial charge >= 0.3 is 0 Å². The summed E-state index contributed by atoms with van der Waals surface area (Å²) in [6, 6.07) is 6.58. The summed E-state index contributed by atoms with van der Waals surface area (Å²) in [6.45, 7) is 3.38. The van der Waals surface area contributed by atoms with E-state index in [-0.39, 0.29) is 6.10 Å². The summed E-state index contributed by atoms with van der Waals surface area (Å²) in [5.41, 5.74) is 2.36. The van der Waals surface area contributed by atoms with Gasteiger partial charge in [-0.15, -0.1) is 0 Å². The Balaban J connectivity index is 1.79. The minimum atomic E-state index is -0.364. The fourth-order valence-electron chi connectivity index (χ4n) is 4.07. The lowest BCUT2D eigenvalue weighted by Crippen LogP contribution is -2.46. The Labute approximate surface area is 127 Å². The molecule has 116 valence electrons. The number of aliphatic hydroxyl groups excluding tert-OH is 1. The zero-order valence-corrected chi connectivity index (χ0v) is 13.1. The summed E-state index contributed by atoms with van der Waals surface area (Å²) in [5, 5.41) is 14.5. The normalized spacial score (nSPS) is 32.5. The van der Waals surface area contributed by atoms with Crippen LogP contribution < -0.4 is 10.1 Å². The summed E-state index contributed by atoms with van der Waals surface area (Å²) >= 11 is 0. The van der Waals surface area contributed by atoms with Crippen molar-refractivity contribution in [3.05, 3.63) is 29.3 Å². The molecular weight excluding hydrogens is 262 g/mol. The number of ether oxygens (including phenoxy) is 1. The molecule has 0 spiro atoms. The van der Waals surface area contributed by atoms with Crippen LogP contribution in [0.2, 0.25) is 0 Å². The lowest BCUT2D eigenvalue weighted by atomic mass is 9.74. The number of methoxy groups -OCH3 is 1. The van der Waals surface area contributed by atoms with Crippen molar-refractivity contribution in [3.8, 4) is 5.75 Å². The van der Waals surface area contributed by atoms with E-state index in [1.165, 1.54) is 24.8 Å². The highest BCUT2D eigenvalue weighted by atomic mass is 16.5. The highest BCUT2D eigenvalue weighted by Gasteiger charge is 2.36. The quantitative estimate of drug-likeness (QED) is 0.898. The average molecular weight is 289 g/mol. The second-order valence-electron chi connectivity index (χ2n) is 6.57. The highest BCUT2D eigenvalue weighted by molar-refractivity contribution is 5.39. The van der Waals surface area contributed by atoms with Gasteiger partial charge in [0.05, 0.1) is 13.2 Å². The molecule has 21 heavy (non-hydrogen) atoms. The molecule has 1 heterocycles. The monoisotopic (exact) mass is 289 g/mol. The van der Waals surface area contributed by atoms with Crippen LogP contribution in [0.3, 0.4) is 0 Å². The summed E-state index contributed by atoms with van der Waals surface area (Å²) in [5.74, 6) is 1.99. The summed E-state index contributed by atoms with van der Waals surface area (Å²) in [4.78, 5) is 0. The largest absolute Gasteiger partial charge is 0.497 e. The molecule has 2 N–H and O–H groups in total. The Bertz CT molecular complexity index is 488. The third-order valence-electron chi connectivity index (χ3n) is 5.46. The Morgan fingerprint density at radius 3 is 2.95 bits per heavy atom. The molecule has 1 saturated heterocycles. The van der Waals surface area contributed by atoms with E-state index < -0.39 is 0 Å². The van der Waals surface area contributed by atoms with Gasteiger partial charge in [0, 0.05) is 12.0 Å². The number of rotatable bonds is 3. The zero-order chi connectivity index (χ0) is 14.8. The van der Waals surface area contributed by atoms with Crippen molar-refractivity contribution >= 4 is 0 Å². The van der Waals surface area contributed by atoms with E-state index in [1.54, 1.807) is 7.11 Å². The Kier molecular flexibility index (Phi) is 4.51. The first-order chi connectivity index (χ1) is 10.2. The summed E-state index contributed by atoms with van der Waals surface area (Å²) < 4.78 is 5.32. The van der Waals surface area contributed by atoms with E-state index in [4.69, 9.17) is 4.74 Å². The van der Waals surface area contributed by atoms with Crippen molar-refractivity contribution in [2.75, 3.05) is 13.7 Å². The van der Waals surface area contributed by atoms with Gasteiger partial charge in [-0.2, -0.15) is 0 Å². The molecular formula is C18H27NO2. The molecule has 0 bridgehead atoms. The number of aliphatic hydroxyl groups is 1. The van der Waals surface area contributed by atoms with Gasteiger partial charge in [-0.25, -0.2) is 0 Å². The van der Waals surface area contributed by atoms with Crippen LogP contribution in [0.4, 0.5) is 0 Å². The first-order valence-corrected chi connectivity index (χ1v) is 8.31. The maximum absolute atomic E-state index is 10.9. The van der Waals surface area contributed by atoms with Gasteiger partial charge in [0.2, 0.25) is 0 Å². The predicted octanol–water partition coefficient (Wildman–Crippen LogP) is 3.07. The molecule has 4 atom stereocenters. The Hall–Kier alpha value is -1.06. The zero-order valence-electron chi connectivity index (χ0n) is 13.1. The second-order valence-corrected chi connectivity index (χ2v) is 6.57. The number of benzene rings is 1. The topological polar surface area (TPSA) is 41.5 Å². The molecule has 3 nitrogen and oxygen atoms in total. The fourth-order valence-corrected chi connectivity index (χ4v) is 4.07. The van der Waals surface area contributed by atoms with Crippen molar-refractivity contribution in [2.45, 2.75) is 51.2 Å². The number of piperidine rings is 1. The van der Waals surface area contributed by atoms with E-state index in [9.17, 15) is 5.11 Å². The van der Waals surface area contributed by atoms with Crippen molar-refractivity contribution in [2.24, 2.45) is 11.8 Å². The lowest BCUT2D eigenvalue weighted by Gasteiger charge is -2.40. The molecule has 2 aliphatic rings. The molecule has 1 fully saturated rings. The van der Waals surface area contributed by atoms with Gasteiger partial charge in [0.25, 0.3) is 0 Å². The van der Waals surface area contributed by atoms with E-state index in [1.807, 2.05) is 12.1 Å². The molecule has 3 rings (SSSR count). The van der Waals surface area contributed by atoms with Crippen LogP contribution in [-0.4, -0.2) is 24.8 Å². The SMILES string of the molecule is CCC1CCNC(C2CCc3ccc(OC)cc3C2O)C1. The standard InChI is InChI=1S/C18H27NO2/c1-3-12-8-9-19-17(10-12)15-7-5-13-4-6-14(21-2)11-16(13)18(15)20/h4,6,11-12,15,17-20H,3,5,7-10H2,1-2H3. The van der Waals surface area contributed by atoms with Crippen LogP contribution in [0.15, 0.2) is 18.2 Å². The number of aryl methyl sites for hydroxylation is 1. The van der Waals surface area contributed by atoms with Crippen LogP contribution in [-0.2, 0) is 6.42 Å². The molecule has 0 aromatic heterocycles. The summed E-state index contributed by atoms with van der Waals surface area (Å²) in [6.07, 6.45) is 5.52. The van der Waals surface area contributed by atoms with Crippen LogP contribution in [0.25, 0.3) is 0 Å². The second kappa shape index (κ2) is 6.37. The van der Waals surface area contributed by atoms with Crippen LogP contribution in [0.5, 0.6) is 5.75 Å². The maximum Gasteiger partial charge on any atom is 0.119 e. The van der Waals surface area contributed by atoms with Gasteiger partial charge in [-0.3, -0.25) is 0 Å². The predicted molar refractivity (Wildman–Crippen MR) is 84.6 cm³/mol. The molecule has 0 radical (unpaired) electrons. The smallest absolute Gasteiger partial charge is 0.119 e. The van der Waals surface area contributed by atoms with Crippen LogP contribution >= 0.6 is 0 Å². The van der Waals surface area contributed by atoms with Crippen molar-refractivity contribution < 1.29 is 9.84 Å². The first kappa shape index (κ1) is 14.9. The molecule has 1 aliphatic heterocycles. The van der Waals surface area contributed by atoms with E-state index in [0.29, 0.717) is 12.0 Å². The lowest BCUT2D eigenvalue weighted by molar-refractivity contribution is 0.0546. The molecule has 4 unspecified atom stereocenters. The van der Waals surface area contributed by atoms with Crippen molar-refractivity contribution in [3.63, 3.8) is 0 Å². The van der Waals surface area contributed by atoms with E-state index >= 15 is 0 Å². The average Bonchev–Trinajstić information content (AvgIpc) is 2.55. The molecule has 0 saturated carbocycles. The first-order valence-electron chi connectivity index (χ1n) is 8.31. The Morgan fingerprint density at radius 1 is 1.33 bits per heavy atom. The summed E-state index contributed by atoms with van der Waals surface area (Å²) in [7, 11) is 1.68. The third kappa shape index (κ3) is 2.95. The van der Waals surface area contributed by atoms with Gasteiger partial charge < -0.3 is 15.2 Å². The fraction of sp³-hybridized carbons (Fsp3) is 0.667. The molecule has 1 aliphatic carbocycles. The number of nitrogens with one attached hydrogen (secondary N) is 1. The highest BCUT2D eigenvalue weighted by Crippen LogP contribution is 2.40. The van der Waals surface area contributed by atoms with Gasteiger partial charge in [0.15, 0.2) is 0 Å². The molecule has 3 heteroatoms. The van der Waals surface area contributed by atoms with Gasteiger partial charge in [-0.05, 0) is 61.4 Å².